The van der Waals surface area contributed by atoms with Crippen LogP contribution in [0.5, 0.6) is 28.7 Å². The van der Waals surface area contributed by atoms with Crippen LogP contribution >= 0.6 is 0 Å². The maximum absolute atomic E-state index is 13.4. The number of fused-ring (bicyclic) bond motifs is 1. The molecule has 0 radical (unpaired) electrons. The van der Waals surface area contributed by atoms with E-state index in [1.807, 2.05) is 0 Å². The van der Waals surface area contributed by atoms with Crippen LogP contribution < -0.4 is 14.9 Å². The van der Waals surface area contributed by atoms with Gasteiger partial charge in [0.2, 0.25) is 23.2 Å². The van der Waals surface area contributed by atoms with Crippen molar-refractivity contribution in [3.63, 3.8) is 0 Å². The van der Waals surface area contributed by atoms with E-state index in [0.717, 1.165) is 6.07 Å². The number of phenolic OH excluding ortho intramolecular Hbond substituents is 3. The van der Waals surface area contributed by atoms with Crippen molar-refractivity contribution >= 4 is 11.0 Å². The molecule has 5 atom stereocenters. The number of hydrogen-bond acceptors (Lipinski definition) is 12. The van der Waals surface area contributed by atoms with Gasteiger partial charge in [-0.15, -0.1) is 0 Å². The molecule has 0 aliphatic carbocycles. The highest BCUT2D eigenvalue weighted by Gasteiger charge is 2.45. The van der Waals surface area contributed by atoms with Crippen LogP contribution in [0.4, 0.5) is 0 Å². The molecule has 3 aromatic rings. The van der Waals surface area contributed by atoms with Gasteiger partial charge in [0.1, 0.15) is 41.3 Å². The van der Waals surface area contributed by atoms with Gasteiger partial charge in [-0.1, -0.05) is 0 Å². The van der Waals surface area contributed by atoms with E-state index in [-0.39, 0.29) is 28.4 Å². The molecule has 7 N–H and O–H groups in total. The Morgan fingerprint density at radius 2 is 1.62 bits per heavy atom. The second kappa shape index (κ2) is 9.00. The molecule has 2 aromatic carbocycles. The Hall–Kier alpha value is -3.55. The third-order valence-electron chi connectivity index (χ3n) is 5.46. The minimum absolute atomic E-state index is 0.0869. The van der Waals surface area contributed by atoms with Gasteiger partial charge in [0.15, 0.2) is 17.1 Å². The van der Waals surface area contributed by atoms with E-state index in [0.29, 0.717) is 0 Å². The average Bonchev–Trinajstić information content (AvgIpc) is 2.81. The minimum atomic E-state index is -1.83. The SMILES string of the molecule is COc1c(O)cc(O)c2c(=O)c(OC3O[C@H](CO)[C@@H](O)[C@H](O)[C@H]3O)c(-c3ccc(O)cc3)oc12. The van der Waals surface area contributed by atoms with Crippen molar-refractivity contribution in [2.45, 2.75) is 30.7 Å². The molecule has 1 aliphatic heterocycles. The summed E-state index contributed by atoms with van der Waals surface area (Å²) in [5, 5.41) is 69.5. The number of phenols is 3. The van der Waals surface area contributed by atoms with Crippen molar-refractivity contribution in [1.82, 2.24) is 0 Å². The quantitative estimate of drug-likeness (QED) is 0.254. The first-order valence-corrected chi connectivity index (χ1v) is 10.0. The van der Waals surface area contributed by atoms with Crippen molar-refractivity contribution in [2.24, 2.45) is 0 Å². The van der Waals surface area contributed by atoms with E-state index in [9.17, 15) is 40.5 Å². The summed E-state index contributed by atoms with van der Waals surface area (Å²) in [6.07, 6.45) is -8.29. The fraction of sp³-hybridized carbons (Fsp3) is 0.318. The lowest BCUT2D eigenvalue weighted by Gasteiger charge is -2.39. The maximum Gasteiger partial charge on any atom is 0.239 e. The zero-order valence-corrected chi connectivity index (χ0v) is 17.7. The molecule has 182 valence electrons. The van der Waals surface area contributed by atoms with E-state index in [2.05, 4.69) is 0 Å². The molecule has 2 heterocycles. The Bertz CT molecular complexity index is 1250. The molecular formula is C22H22O12. The molecule has 34 heavy (non-hydrogen) atoms. The molecule has 12 heteroatoms. The minimum Gasteiger partial charge on any atom is -0.508 e. The van der Waals surface area contributed by atoms with Gasteiger partial charge >= 0.3 is 0 Å². The van der Waals surface area contributed by atoms with E-state index < -0.39 is 65.4 Å². The molecule has 1 fully saturated rings. The van der Waals surface area contributed by atoms with Gasteiger partial charge in [0, 0.05) is 11.6 Å². The van der Waals surface area contributed by atoms with Crippen molar-refractivity contribution in [1.29, 1.82) is 0 Å². The van der Waals surface area contributed by atoms with E-state index in [4.69, 9.17) is 18.6 Å². The Balaban J connectivity index is 1.94. The van der Waals surface area contributed by atoms with Crippen LogP contribution in [0.15, 0.2) is 39.5 Å². The fourth-order valence-electron chi connectivity index (χ4n) is 3.68. The number of aliphatic hydroxyl groups is 4. The normalized spacial score (nSPS) is 24.8. The highest BCUT2D eigenvalue weighted by molar-refractivity contribution is 5.93. The zero-order chi connectivity index (χ0) is 24.7. The van der Waals surface area contributed by atoms with Gasteiger partial charge in [-0.05, 0) is 24.3 Å². The molecule has 1 aromatic heterocycles. The zero-order valence-electron chi connectivity index (χ0n) is 17.7. The van der Waals surface area contributed by atoms with Crippen LogP contribution in [0, 0.1) is 0 Å². The van der Waals surface area contributed by atoms with E-state index >= 15 is 0 Å². The van der Waals surface area contributed by atoms with Gasteiger partial charge in [-0.3, -0.25) is 4.79 Å². The molecular weight excluding hydrogens is 456 g/mol. The molecule has 1 aliphatic rings. The average molecular weight is 478 g/mol. The lowest BCUT2D eigenvalue weighted by Crippen LogP contribution is -2.60. The molecule has 1 unspecified atom stereocenters. The van der Waals surface area contributed by atoms with Crippen molar-refractivity contribution in [3.8, 4) is 40.1 Å². The highest BCUT2D eigenvalue weighted by atomic mass is 16.7. The first-order valence-electron chi connectivity index (χ1n) is 10.0. The summed E-state index contributed by atoms with van der Waals surface area (Å²) >= 11 is 0. The lowest BCUT2D eigenvalue weighted by molar-refractivity contribution is -0.277. The Kier molecular flexibility index (Phi) is 6.25. The molecule has 0 spiro atoms. The number of ether oxygens (including phenoxy) is 3. The number of aromatic hydroxyl groups is 3. The summed E-state index contributed by atoms with van der Waals surface area (Å²) in [7, 11) is 1.21. The standard InChI is InChI=1S/C22H22O12/c1-31-19-11(26)6-10(25)13-15(28)21(18(33-20(13)19)8-2-4-9(24)5-3-8)34-22-17(30)16(29)14(27)12(7-23)32-22/h2-6,12,14,16-17,22-27,29-30H,7H2,1H3/t12-,14-,16+,17-,22?/m1/s1. The largest absolute Gasteiger partial charge is 0.508 e. The summed E-state index contributed by atoms with van der Waals surface area (Å²) in [5.41, 5.74) is -1.05. The second-order valence-electron chi connectivity index (χ2n) is 7.60. The summed E-state index contributed by atoms with van der Waals surface area (Å²) in [4.78, 5) is 13.4. The first-order chi connectivity index (χ1) is 16.2. The maximum atomic E-state index is 13.4. The summed E-state index contributed by atoms with van der Waals surface area (Å²) in [6, 6.07) is 6.24. The molecule has 1 saturated heterocycles. The number of benzene rings is 2. The molecule has 0 amide bonds. The molecule has 0 saturated carbocycles. The predicted molar refractivity (Wildman–Crippen MR) is 114 cm³/mol. The van der Waals surface area contributed by atoms with E-state index in [1.165, 1.54) is 31.4 Å². The predicted octanol–water partition coefficient (Wildman–Crippen LogP) is -0.236. The van der Waals surface area contributed by atoms with Crippen molar-refractivity contribution in [2.75, 3.05) is 13.7 Å². The second-order valence-corrected chi connectivity index (χ2v) is 7.60. The molecule has 0 bridgehead atoms. The Labute approximate surface area is 191 Å². The number of methoxy groups -OCH3 is 1. The lowest BCUT2D eigenvalue weighted by atomic mass is 9.99. The van der Waals surface area contributed by atoms with Gasteiger partial charge in [0.25, 0.3) is 0 Å². The summed E-state index contributed by atoms with van der Waals surface area (Å²) < 4.78 is 21.8. The smallest absolute Gasteiger partial charge is 0.239 e. The Morgan fingerprint density at radius 3 is 2.24 bits per heavy atom. The van der Waals surface area contributed by atoms with Gasteiger partial charge in [-0.2, -0.15) is 0 Å². The highest BCUT2D eigenvalue weighted by Crippen LogP contribution is 2.43. The van der Waals surface area contributed by atoms with Crippen LogP contribution in [-0.2, 0) is 4.74 Å². The van der Waals surface area contributed by atoms with Crippen molar-refractivity contribution in [3.05, 3.63) is 40.6 Å². The summed E-state index contributed by atoms with van der Waals surface area (Å²) in [5.74, 6) is -2.31. The van der Waals surface area contributed by atoms with Crippen LogP contribution in [0.1, 0.15) is 0 Å². The fourth-order valence-corrected chi connectivity index (χ4v) is 3.68. The summed E-state index contributed by atoms with van der Waals surface area (Å²) in [6.45, 7) is -0.723. The number of rotatable bonds is 5. The van der Waals surface area contributed by atoms with Crippen LogP contribution in [-0.4, -0.2) is 80.2 Å². The third kappa shape index (κ3) is 3.87. The van der Waals surface area contributed by atoms with Gasteiger partial charge < -0.3 is 54.4 Å². The monoisotopic (exact) mass is 478 g/mol. The van der Waals surface area contributed by atoms with E-state index in [1.54, 1.807) is 0 Å². The first kappa shape index (κ1) is 23.6. The van der Waals surface area contributed by atoms with Crippen LogP contribution in [0.25, 0.3) is 22.3 Å². The Morgan fingerprint density at radius 1 is 0.941 bits per heavy atom. The third-order valence-corrected chi connectivity index (χ3v) is 5.46. The van der Waals surface area contributed by atoms with Crippen LogP contribution in [0.2, 0.25) is 0 Å². The topological polar surface area (TPSA) is 200 Å². The molecule has 4 rings (SSSR count). The number of hydrogen-bond donors (Lipinski definition) is 7. The van der Waals surface area contributed by atoms with Crippen LogP contribution in [0.3, 0.4) is 0 Å². The van der Waals surface area contributed by atoms with Gasteiger partial charge in [0.05, 0.1) is 13.7 Å². The van der Waals surface area contributed by atoms with Gasteiger partial charge in [-0.25, -0.2) is 0 Å². The number of aliphatic hydroxyl groups excluding tert-OH is 4. The molecule has 12 nitrogen and oxygen atoms in total. The van der Waals surface area contributed by atoms with Crippen molar-refractivity contribution < 1.29 is 54.4 Å².